The zero-order valence-corrected chi connectivity index (χ0v) is 9.71. The molecule has 0 amide bonds. The number of carboxylic acid groups (broad SMARTS) is 1. The van der Waals surface area contributed by atoms with Gasteiger partial charge in [0.15, 0.2) is 0 Å². The van der Waals surface area contributed by atoms with Gasteiger partial charge in [-0.15, -0.1) is 0 Å². The molecule has 15 heavy (non-hydrogen) atoms. The minimum absolute atomic E-state index is 0.305. The number of hydrogen-bond acceptors (Lipinski definition) is 2. The van der Waals surface area contributed by atoms with Crippen LogP contribution in [0.4, 0.5) is 10.1 Å². The Kier molecular flexibility index (Phi) is 4.08. The van der Waals surface area contributed by atoms with Crippen LogP contribution < -0.4 is 5.32 Å². The fourth-order valence-electron chi connectivity index (χ4n) is 0.983. The molecule has 0 aliphatic heterocycles. The minimum Gasteiger partial charge on any atom is -0.481 e. The van der Waals surface area contributed by atoms with Crippen LogP contribution in [0, 0.1) is 11.7 Å². The average Bonchev–Trinajstić information content (AvgIpc) is 2.15. The third kappa shape index (κ3) is 3.51. The van der Waals surface area contributed by atoms with Crippen molar-refractivity contribution in [2.45, 2.75) is 6.92 Å². The van der Waals surface area contributed by atoms with E-state index in [1.807, 2.05) is 0 Å². The third-order valence-electron chi connectivity index (χ3n) is 1.95. The molecule has 0 bridgehead atoms. The Hall–Kier alpha value is -1.10. The largest absolute Gasteiger partial charge is 0.481 e. The Morgan fingerprint density at radius 2 is 2.33 bits per heavy atom. The SMILES string of the molecule is CC(CNc1ccc(F)cc1Br)C(=O)O. The van der Waals surface area contributed by atoms with Crippen molar-refractivity contribution in [1.29, 1.82) is 0 Å². The summed E-state index contributed by atoms with van der Waals surface area (Å²) in [7, 11) is 0. The van der Waals surface area contributed by atoms with Crippen LogP contribution in [-0.4, -0.2) is 17.6 Å². The van der Waals surface area contributed by atoms with Gasteiger partial charge in [-0.3, -0.25) is 4.79 Å². The molecule has 1 rings (SSSR count). The summed E-state index contributed by atoms with van der Waals surface area (Å²) in [6.07, 6.45) is 0. The summed E-state index contributed by atoms with van der Waals surface area (Å²) in [6.45, 7) is 1.91. The summed E-state index contributed by atoms with van der Waals surface area (Å²) in [5.74, 6) is -1.68. The molecule has 1 aromatic carbocycles. The Labute approximate surface area is 95.4 Å². The highest BCUT2D eigenvalue weighted by atomic mass is 79.9. The number of nitrogens with one attached hydrogen (secondary N) is 1. The van der Waals surface area contributed by atoms with E-state index in [2.05, 4.69) is 21.2 Å². The van der Waals surface area contributed by atoms with Crippen molar-refractivity contribution in [2.75, 3.05) is 11.9 Å². The average molecular weight is 276 g/mol. The predicted octanol–water partition coefficient (Wildman–Crippen LogP) is 2.72. The van der Waals surface area contributed by atoms with E-state index in [0.717, 1.165) is 0 Å². The van der Waals surface area contributed by atoms with Gasteiger partial charge >= 0.3 is 5.97 Å². The molecule has 5 heteroatoms. The van der Waals surface area contributed by atoms with Crippen molar-refractivity contribution < 1.29 is 14.3 Å². The molecule has 1 unspecified atom stereocenters. The summed E-state index contributed by atoms with van der Waals surface area (Å²) >= 11 is 3.18. The predicted molar refractivity (Wildman–Crippen MR) is 59.4 cm³/mol. The summed E-state index contributed by atoms with van der Waals surface area (Å²) in [6, 6.07) is 4.21. The highest BCUT2D eigenvalue weighted by Crippen LogP contribution is 2.23. The van der Waals surface area contributed by atoms with Crippen LogP contribution in [0.25, 0.3) is 0 Å². The Bertz CT molecular complexity index is 370. The molecular formula is C10H11BrFNO2. The number of carboxylic acids is 1. The normalized spacial score (nSPS) is 12.2. The molecule has 0 saturated carbocycles. The van der Waals surface area contributed by atoms with E-state index < -0.39 is 11.9 Å². The van der Waals surface area contributed by atoms with Gasteiger partial charge in [0.1, 0.15) is 5.82 Å². The lowest BCUT2D eigenvalue weighted by Gasteiger charge is -2.10. The van der Waals surface area contributed by atoms with Crippen molar-refractivity contribution in [3.63, 3.8) is 0 Å². The molecule has 0 saturated heterocycles. The number of hydrogen-bond donors (Lipinski definition) is 2. The zero-order chi connectivity index (χ0) is 11.4. The van der Waals surface area contributed by atoms with E-state index >= 15 is 0 Å². The molecule has 3 nitrogen and oxygen atoms in total. The van der Waals surface area contributed by atoms with E-state index in [0.29, 0.717) is 16.7 Å². The first-order valence-corrected chi connectivity index (χ1v) is 5.21. The smallest absolute Gasteiger partial charge is 0.308 e. The second-order valence-electron chi connectivity index (χ2n) is 3.24. The fourth-order valence-corrected chi connectivity index (χ4v) is 1.47. The lowest BCUT2D eigenvalue weighted by Crippen LogP contribution is -2.19. The first-order valence-electron chi connectivity index (χ1n) is 4.42. The van der Waals surface area contributed by atoms with Crippen LogP contribution in [0.2, 0.25) is 0 Å². The zero-order valence-electron chi connectivity index (χ0n) is 8.13. The lowest BCUT2D eigenvalue weighted by atomic mass is 10.2. The van der Waals surface area contributed by atoms with Gasteiger partial charge in [0.25, 0.3) is 0 Å². The van der Waals surface area contributed by atoms with Crippen molar-refractivity contribution in [2.24, 2.45) is 5.92 Å². The number of benzene rings is 1. The van der Waals surface area contributed by atoms with Gasteiger partial charge in [-0.1, -0.05) is 6.92 Å². The molecule has 0 fully saturated rings. The second kappa shape index (κ2) is 5.11. The van der Waals surface area contributed by atoms with Crippen LogP contribution in [0.5, 0.6) is 0 Å². The van der Waals surface area contributed by atoms with E-state index in [4.69, 9.17) is 5.11 Å². The molecule has 0 aliphatic rings. The molecule has 1 aromatic rings. The molecule has 1 atom stereocenters. The molecule has 82 valence electrons. The van der Waals surface area contributed by atoms with Gasteiger partial charge < -0.3 is 10.4 Å². The van der Waals surface area contributed by atoms with Gasteiger partial charge in [-0.25, -0.2) is 4.39 Å². The van der Waals surface area contributed by atoms with Crippen LogP contribution in [-0.2, 0) is 4.79 Å². The van der Waals surface area contributed by atoms with E-state index in [9.17, 15) is 9.18 Å². The number of rotatable bonds is 4. The van der Waals surface area contributed by atoms with Gasteiger partial charge in [-0.05, 0) is 34.1 Å². The van der Waals surface area contributed by atoms with Gasteiger partial charge in [0, 0.05) is 16.7 Å². The van der Waals surface area contributed by atoms with Crippen molar-refractivity contribution in [1.82, 2.24) is 0 Å². The third-order valence-corrected chi connectivity index (χ3v) is 2.61. The van der Waals surface area contributed by atoms with E-state index in [-0.39, 0.29) is 5.82 Å². The van der Waals surface area contributed by atoms with Gasteiger partial charge in [0.05, 0.1) is 5.92 Å². The Balaban J connectivity index is 2.62. The number of halogens is 2. The summed E-state index contributed by atoms with van der Waals surface area (Å²) < 4.78 is 13.3. The first kappa shape index (κ1) is 12.0. The van der Waals surface area contributed by atoms with Crippen LogP contribution >= 0.6 is 15.9 Å². The second-order valence-corrected chi connectivity index (χ2v) is 4.10. The fraction of sp³-hybridized carbons (Fsp3) is 0.300. The number of anilines is 1. The molecule has 0 aromatic heterocycles. The highest BCUT2D eigenvalue weighted by molar-refractivity contribution is 9.10. The van der Waals surface area contributed by atoms with Crippen LogP contribution in [0.3, 0.4) is 0 Å². The van der Waals surface area contributed by atoms with Gasteiger partial charge in [-0.2, -0.15) is 0 Å². The van der Waals surface area contributed by atoms with E-state index in [1.165, 1.54) is 12.1 Å². The molecular weight excluding hydrogens is 265 g/mol. The standard InChI is InChI=1S/C10H11BrFNO2/c1-6(10(14)15)5-13-9-3-2-7(12)4-8(9)11/h2-4,6,13H,5H2,1H3,(H,14,15). The maximum absolute atomic E-state index is 12.7. The van der Waals surface area contributed by atoms with Crippen molar-refractivity contribution in [3.05, 3.63) is 28.5 Å². The summed E-state index contributed by atoms with van der Waals surface area (Å²) in [5.41, 5.74) is 0.685. The minimum atomic E-state index is -0.860. The Morgan fingerprint density at radius 3 is 2.87 bits per heavy atom. The molecule has 2 N–H and O–H groups in total. The molecule has 0 heterocycles. The number of aliphatic carboxylic acids is 1. The topological polar surface area (TPSA) is 49.3 Å². The quantitative estimate of drug-likeness (QED) is 0.889. The van der Waals surface area contributed by atoms with E-state index in [1.54, 1.807) is 13.0 Å². The monoisotopic (exact) mass is 275 g/mol. The molecule has 0 radical (unpaired) electrons. The van der Waals surface area contributed by atoms with Crippen molar-refractivity contribution >= 4 is 27.6 Å². The van der Waals surface area contributed by atoms with Crippen LogP contribution in [0.1, 0.15) is 6.92 Å². The van der Waals surface area contributed by atoms with Crippen LogP contribution in [0.15, 0.2) is 22.7 Å². The first-order chi connectivity index (χ1) is 7.00. The Morgan fingerprint density at radius 1 is 1.67 bits per heavy atom. The summed E-state index contributed by atoms with van der Waals surface area (Å²) in [4.78, 5) is 10.5. The van der Waals surface area contributed by atoms with Crippen molar-refractivity contribution in [3.8, 4) is 0 Å². The number of carbonyl (C=O) groups is 1. The highest BCUT2D eigenvalue weighted by Gasteiger charge is 2.10. The summed E-state index contributed by atoms with van der Waals surface area (Å²) in [5, 5.41) is 11.6. The maximum atomic E-state index is 12.7. The lowest BCUT2D eigenvalue weighted by molar-refractivity contribution is -0.140. The molecule has 0 spiro atoms. The van der Waals surface area contributed by atoms with Gasteiger partial charge in [0.2, 0.25) is 0 Å². The molecule has 0 aliphatic carbocycles. The maximum Gasteiger partial charge on any atom is 0.308 e.